The highest BCUT2D eigenvalue weighted by Gasteiger charge is 2.47. The zero-order valence-electron chi connectivity index (χ0n) is 17.4. The van der Waals surface area contributed by atoms with E-state index in [-0.39, 0.29) is 5.41 Å². The van der Waals surface area contributed by atoms with Crippen molar-refractivity contribution in [2.45, 2.75) is 38.9 Å². The summed E-state index contributed by atoms with van der Waals surface area (Å²) in [7, 11) is 1.69. The molecule has 2 saturated heterocycles. The first kappa shape index (κ1) is 24.1. The molecular weight excluding hydrogens is 401 g/mol. The van der Waals surface area contributed by atoms with Crippen molar-refractivity contribution in [3.8, 4) is 0 Å². The number of carboxylic acids is 1. The Hall–Kier alpha value is -2.13. The normalized spacial score (nSPS) is 19.0. The van der Waals surface area contributed by atoms with E-state index in [0.717, 1.165) is 52.0 Å². The highest BCUT2D eigenvalue weighted by molar-refractivity contribution is 5.85. The van der Waals surface area contributed by atoms with Crippen molar-refractivity contribution in [2.24, 2.45) is 5.41 Å². The SMILES string of the molecule is COCCN1CCC2(CCN(Cc3ccc(C)cc3)CC2)C1=O.O=C(O)C(F)(F)F. The molecular formula is C21H29F3N2O4. The minimum absolute atomic E-state index is 0.0858. The quantitative estimate of drug-likeness (QED) is 0.778. The Morgan fingerprint density at radius 2 is 1.67 bits per heavy atom. The minimum Gasteiger partial charge on any atom is -0.475 e. The first-order chi connectivity index (χ1) is 14.1. The summed E-state index contributed by atoms with van der Waals surface area (Å²) in [6.07, 6.45) is -2.06. The number of carbonyl (C=O) groups excluding carboxylic acids is 1. The van der Waals surface area contributed by atoms with Crippen LogP contribution in [0.3, 0.4) is 0 Å². The van der Waals surface area contributed by atoms with Crippen LogP contribution in [0, 0.1) is 12.3 Å². The van der Waals surface area contributed by atoms with Crippen LogP contribution in [0.2, 0.25) is 0 Å². The molecule has 1 aromatic carbocycles. The number of methoxy groups -OCH3 is 1. The Balaban J connectivity index is 0.000000396. The van der Waals surface area contributed by atoms with Gasteiger partial charge in [-0.15, -0.1) is 0 Å². The van der Waals surface area contributed by atoms with Crippen LogP contribution in [-0.2, 0) is 20.9 Å². The van der Waals surface area contributed by atoms with Crippen LogP contribution in [0.4, 0.5) is 13.2 Å². The molecule has 0 aliphatic carbocycles. The summed E-state index contributed by atoms with van der Waals surface area (Å²) in [6, 6.07) is 8.78. The predicted molar refractivity (Wildman–Crippen MR) is 105 cm³/mol. The molecule has 1 amide bonds. The van der Waals surface area contributed by atoms with Crippen LogP contribution in [0.5, 0.6) is 0 Å². The summed E-state index contributed by atoms with van der Waals surface area (Å²) in [5.41, 5.74) is 2.59. The number of ether oxygens (including phenoxy) is 1. The fourth-order valence-corrected chi connectivity index (χ4v) is 3.86. The van der Waals surface area contributed by atoms with Crippen LogP contribution < -0.4 is 0 Å². The van der Waals surface area contributed by atoms with E-state index in [1.807, 2.05) is 4.90 Å². The molecule has 0 aromatic heterocycles. The number of likely N-dealkylation sites (tertiary alicyclic amines) is 2. The van der Waals surface area contributed by atoms with E-state index in [2.05, 4.69) is 36.1 Å². The summed E-state index contributed by atoms with van der Waals surface area (Å²) in [4.78, 5) is 26.1. The molecule has 0 unspecified atom stereocenters. The van der Waals surface area contributed by atoms with Gasteiger partial charge in [-0.1, -0.05) is 29.8 Å². The molecule has 2 aliphatic heterocycles. The Kier molecular flexibility index (Phi) is 8.25. The van der Waals surface area contributed by atoms with E-state index in [0.29, 0.717) is 12.5 Å². The lowest BCUT2D eigenvalue weighted by Crippen LogP contribution is -2.44. The van der Waals surface area contributed by atoms with Crippen molar-refractivity contribution >= 4 is 11.9 Å². The second-order valence-electron chi connectivity index (χ2n) is 7.88. The van der Waals surface area contributed by atoms with Crippen molar-refractivity contribution in [1.29, 1.82) is 0 Å². The van der Waals surface area contributed by atoms with Gasteiger partial charge in [0.1, 0.15) is 0 Å². The number of rotatable bonds is 5. The van der Waals surface area contributed by atoms with Crippen molar-refractivity contribution in [1.82, 2.24) is 9.80 Å². The topological polar surface area (TPSA) is 70.1 Å². The molecule has 0 atom stereocenters. The third-order valence-electron chi connectivity index (χ3n) is 5.75. The van der Waals surface area contributed by atoms with Crippen molar-refractivity contribution in [3.05, 3.63) is 35.4 Å². The van der Waals surface area contributed by atoms with Gasteiger partial charge in [0, 0.05) is 26.7 Å². The Bertz CT molecular complexity index is 714. The smallest absolute Gasteiger partial charge is 0.475 e. The van der Waals surface area contributed by atoms with Crippen molar-refractivity contribution in [3.63, 3.8) is 0 Å². The lowest BCUT2D eigenvalue weighted by molar-refractivity contribution is -0.192. The van der Waals surface area contributed by atoms with Crippen molar-refractivity contribution < 1.29 is 32.6 Å². The van der Waals surface area contributed by atoms with Crippen LogP contribution >= 0.6 is 0 Å². The molecule has 1 spiro atoms. The lowest BCUT2D eigenvalue weighted by atomic mass is 9.77. The maximum atomic E-state index is 12.7. The predicted octanol–water partition coefficient (Wildman–Crippen LogP) is 3.09. The van der Waals surface area contributed by atoms with Gasteiger partial charge in [0.15, 0.2) is 0 Å². The molecule has 0 bridgehead atoms. The first-order valence-corrected chi connectivity index (χ1v) is 9.94. The minimum atomic E-state index is -5.08. The standard InChI is InChI=1S/C19H28N2O2.C2HF3O2/c1-16-3-5-17(6-4-16)15-20-10-7-19(8-11-20)9-12-21(18(19)22)13-14-23-2;3-2(4,5)1(6)7/h3-6H,7-15H2,1-2H3;(H,6,7). The fraction of sp³-hybridized carbons (Fsp3) is 0.619. The van der Waals surface area contributed by atoms with Gasteiger partial charge in [0.25, 0.3) is 0 Å². The fourth-order valence-electron chi connectivity index (χ4n) is 3.86. The molecule has 2 aliphatic rings. The maximum absolute atomic E-state index is 12.7. The number of hydrogen-bond donors (Lipinski definition) is 1. The van der Waals surface area contributed by atoms with E-state index in [4.69, 9.17) is 14.6 Å². The Morgan fingerprint density at radius 3 is 2.17 bits per heavy atom. The summed E-state index contributed by atoms with van der Waals surface area (Å²) in [5, 5.41) is 7.12. The van der Waals surface area contributed by atoms with E-state index < -0.39 is 12.1 Å². The zero-order chi connectivity index (χ0) is 22.4. The summed E-state index contributed by atoms with van der Waals surface area (Å²) >= 11 is 0. The van der Waals surface area contributed by atoms with Crippen LogP contribution in [-0.4, -0.2) is 72.9 Å². The second-order valence-corrected chi connectivity index (χ2v) is 7.88. The largest absolute Gasteiger partial charge is 0.490 e. The third-order valence-corrected chi connectivity index (χ3v) is 5.75. The van der Waals surface area contributed by atoms with E-state index in [1.54, 1.807) is 7.11 Å². The molecule has 30 heavy (non-hydrogen) atoms. The van der Waals surface area contributed by atoms with Gasteiger partial charge in [-0.25, -0.2) is 4.79 Å². The lowest BCUT2D eigenvalue weighted by Gasteiger charge is -2.38. The molecule has 6 nitrogen and oxygen atoms in total. The second kappa shape index (κ2) is 10.3. The number of alkyl halides is 3. The Morgan fingerprint density at radius 1 is 1.13 bits per heavy atom. The molecule has 2 fully saturated rings. The highest BCUT2D eigenvalue weighted by Crippen LogP contribution is 2.41. The molecule has 9 heteroatoms. The molecule has 0 radical (unpaired) electrons. The number of halogens is 3. The molecule has 1 N–H and O–H groups in total. The number of hydrogen-bond acceptors (Lipinski definition) is 4. The Labute approximate surface area is 174 Å². The van der Waals surface area contributed by atoms with Gasteiger partial charge in [-0.2, -0.15) is 13.2 Å². The van der Waals surface area contributed by atoms with Crippen LogP contribution in [0.25, 0.3) is 0 Å². The number of carbonyl (C=O) groups is 2. The van der Waals surface area contributed by atoms with Gasteiger partial charge in [-0.05, 0) is 44.8 Å². The first-order valence-electron chi connectivity index (χ1n) is 9.94. The van der Waals surface area contributed by atoms with Gasteiger partial charge < -0.3 is 14.7 Å². The zero-order valence-corrected chi connectivity index (χ0v) is 17.4. The number of amides is 1. The monoisotopic (exact) mass is 430 g/mol. The number of carboxylic acid groups (broad SMARTS) is 1. The summed E-state index contributed by atoms with van der Waals surface area (Å²) < 4.78 is 36.9. The van der Waals surface area contributed by atoms with E-state index in [9.17, 15) is 18.0 Å². The third kappa shape index (κ3) is 6.43. The number of benzene rings is 1. The molecule has 3 rings (SSSR count). The number of aliphatic carboxylic acids is 1. The van der Waals surface area contributed by atoms with Gasteiger partial charge in [0.05, 0.1) is 12.0 Å². The summed E-state index contributed by atoms with van der Waals surface area (Å²) in [6.45, 7) is 7.45. The molecule has 1 aromatic rings. The van der Waals surface area contributed by atoms with Gasteiger partial charge in [0.2, 0.25) is 5.91 Å². The number of nitrogens with zero attached hydrogens (tertiary/aromatic N) is 2. The van der Waals surface area contributed by atoms with Crippen LogP contribution in [0.15, 0.2) is 24.3 Å². The summed E-state index contributed by atoms with van der Waals surface area (Å²) in [5.74, 6) is -2.39. The van der Waals surface area contributed by atoms with Crippen LogP contribution in [0.1, 0.15) is 30.4 Å². The maximum Gasteiger partial charge on any atom is 0.490 e. The highest BCUT2D eigenvalue weighted by atomic mass is 19.4. The molecule has 2 heterocycles. The average Bonchev–Trinajstić information content (AvgIpc) is 2.99. The average molecular weight is 430 g/mol. The molecule has 168 valence electrons. The number of aryl methyl sites for hydroxylation is 1. The van der Waals surface area contributed by atoms with Gasteiger partial charge >= 0.3 is 12.1 Å². The molecule has 0 saturated carbocycles. The van der Waals surface area contributed by atoms with Gasteiger partial charge in [-0.3, -0.25) is 9.69 Å². The van der Waals surface area contributed by atoms with E-state index in [1.165, 1.54) is 11.1 Å². The number of piperidine rings is 1. The van der Waals surface area contributed by atoms with E-state index >= 15 is 0 Å². The van der Waals surface area contributed by atoms with Crippen molar-refractivity contribution in [2.75, 3.05) is 39.9 Å².